The number of methoxy groups -OCH3 is 1. The zero-order valence-corrected chi connectivity index (χ0v) is 13.3. The van der Waals surface area contributed by atoms with Crippen molar-refractivity contribution in [2.45, 2.75) is 30.8 Å². The van der Waals surface area contributed by atoms with Crippen molar-refractivity contribution in [1.29, 1.82) is 0 Å². The van der Waals surface area contributed by atoms with E-state index < -0.39 is 5.97 Å². The van der Waals surface area contributed by atoms with E-state index >= 15 is 0 Å². The molecular weight excluding hydrogens is 298 g/mol. The van der Waals surface area contributed by atoms with E-state index in [0.29, 0.717) is 11.0 Å². The van der Waals surface area contributed by atoms with Crippen LogP contribution in [0.1, 0.15) is 36.0 Å². The van der Waals surface area contributed by atoms with Crippen LogP contribution in [-0.4, -0.2) is 42.4 Å². The normalized spacial score (nSPS) is 15.8. The predicted molar refractivity (Wildman–Crippen MR) is 80.8 cm³/mol. The molecular formula is C13H18ClN3O2S. The molecule has 1 aliphatic rings. The first-order chi connectivity index (χ1) is 9.67. The van der Waals surface area contributed by atoms with Gasteiger partial charge in [-0.2, -0.15) is 0 Å². The van der Waals surface area contributed by atoms with E-state index in [0.717, 1.165) is 25.9 Å². The first-order valence-electron chi connectivity index (χ1n) is 6.62. The lowest BCUT2D eigenvalue weighted by Gasteiger charge is -2.24. The third-order valence-electron chi connectivity index (χ3n) is 3.30. The molecule has 1 fully saturated rings. The Balaban J connectivity index is 2.46. The molecule has 0 spiro atoms. The molecule has 0 saturated carbocycles. The lowest BCUT2D eigenvalue weighted by Crippen LogP contribution is -2.28. The largest absolute Gasteiger partial charge is 0.465 e. The number of thioether (sulfide) groups is 1. The summed E-state index contributed by atoms with van der Waals surface area (Å²) in [5, 5.41) is 0.734. The van der Waals surface area contributed by atoms with Gasteiger partial charge in [-0.1, -0.05) is 36.2 Å². The summed E-state index contributed by atoms with van der Waals surface area (Å²) in [7, 11) is 1.34. The van der Waals surface area contributed by atoms with E-state index in [1.54, 1.807) is 0 Å². The highest BCUT2D eigenvalue weighted by molar-refractivity contribution is 7.98. The van der Waals surface area contributed by atoms with Crippen LogP contribution < -0.4 is 4.90 Å². The van der Waals surface area contributed by atoms with Gasteiger partial charge in [0.05, 0.1) is 7.11 Å². The molecule has 20 heavy (non-hydrogen) atoms. The van der Waals surface area contributed by atoms with Crippen LogP contribution in [-0.2, 0) is 4.74 Å². The minimum absolute atomic E-state index is 0.162. The van der Waals surface area contributed by atoms with Crippen LogP contribution in [0.4, 0.5) is 5.82 Å². The van der Waals surface area contributed by atoms with Gasteiger partial charge in [-0.25, -0.2) is 14.8 Å². The molecule has 0 N–H and O–H groups in total. The van der Waals surface area contributed by atoms with Crippen molar-refractivity contribution in [2.24, 2.45) is 0 Å². The van der Waals surface area contributed by atoms with Crippen molar-refractivity contribution in [3.63, 3.8) is 0 Å². The van der Waals surface area contributed by atoms with E-state index in [9.17, 15) is 4.79 Å². The zero-order chi connectivity index (χ0) is 14.5. The van der Waals surface area contributed by atoms with Crippen molar-refractivity contribution in [3.05, 3.63) is 10.7 Å². The predicted octanol–water partition coefficient (Wildman–Crippen LogP) is 3.02. The van der Waals surface area contributed by atoms with Crippen molar-refractivity contribution < 1.29 is 9.53 Å². The molecule has 1 aliphatic heterocycles. The second-order valence-electron chi connectivity index (χ2n) is 4.59. The lowest BCUT2D eigenvalue weighted by atomic mass is 10.2. The highest BCUT2D eigenvalue weighted by Gasteiger charge is 2.25. The Morgan fingerprint density at radius 2 is 1.90 bits per heavy atom. The maximum Gasteiger partial charge on any atom is 0.344 e. The van der Waals surface area contributed by atoms with Gasteiger partial charge in [0.15, 0.2) is 5.16 Å². The quantitative estimate of drug-likeness (QED) is 0.370. The maximum atomic E-state index is 12.0. The number of aromatic nitrogens is 2. The standard InChI is InChI=1S/C13H18ClN3O2S/c1-19-12(18)9-10(14)15-13(20-2)16-11(9)17-7-5-3-4-6-8-17/h3-8H2,1-2H3. The molecule has 1 aromatic heterocycles. The van der Waals surface area contributed by atoms with E-state index in [2.05, 4.69) is 14.9 Å². The van der Waals surface area contributed by atoms with Crippen LogP contribution in [0.5, 0.6) is 0 Å². The smallest absolute Gasteiger partial charge is 0.344 e. The Bertz CT molecular complexity index is 491. The molecule has 0 aromatic carbocycles. The van der Waals surface area contributed by atoms with Crippen LogP contribution in [0.3, 0.4) is 0 Å². The average molecular weight is 316 g/mol. The van der Waals surface area contributed by atoms with E-state index in [1.807, 2.05) is 6.26 Å². The molecule has 0 unspecified atom stereocenters. The Labute approximate surface area is 128 Å². The highest BCUT2D eigenvalue weighted by Crippen LogP contribution is 2.29. The molecule has 1 saturated heterocycles. The third kappa shape index (κ3) is 3.35. The summed E-state index contributed by atoms with van der Waals surface area (Å²) in [6.45, 7) is 1.76. The second-order valence-corrected chi connectivity index (χ2v) is 5.72. The number of anilines is 1. The van der Waals surface area contributed by atoms with Gasteiger partial charge in [-0.05, 0) is 19.1 Å². The highest BCUT2D eigenvalue weighted by atomic mass is 35.5. The van der Waals surface area contributed by atoms with Gasteiger partial charge < -0.3 is 9.64 Å². The van der Waals surface area contributed by atoms with Crippen LogP contribution in [0, 0.1) is 0 Å². The monoisotopic (exact) mass is 315 g/mol. The summed E-state index contributed by atoms with van der Waals surface area (Å²) in [5.41, 5.74) is 0.272. The van der Waals surface area contributed by atoms with Crippen LogP contribution in [0.25, 0.3) is 0 Å². The molecule has 2 rings (SSSR count). The van der Waals surface area contributed by atoms with Gasteiger partial charge in [0.2, 0.25) is 0 Å². The summed E-state index contributed by atoms with van der Waals surface area (Å²) in [6.07, 6.45) is 6.49. The van der Waals surface area contributed by atoms with Crippen molar-refractivity contribution in [1.82, 2.24) is 9.97 Å². The number of ether oxygens (including phenoxy) is 1. The Hall–Kier alpha value is -1.01. The average Bonchev–Trinajstić information content (AvgIpc) is 2.74. The molecule has 1 aromatic rings. The number of carbonyl (C=O) groups is 1. The number of esters is 1. The summed E-state index contributed by atoms with van der Waals surface area (Å²) in [4.78, 5) is 22.7. The zero-order valence-electron chi connectivity index (χ0n) is 11.7. The fourth-order valence-corrected chi connectivity index (χ4v) is 2.94. The third-order valence-corrected chi connectivity index (χ3v) is 4.12. The summed E-state index contributed by atoms with van der Waals surface area (Å²) in [6, 6.07) is 0. The first-order valence-corrected chi connectivity index (χ1v) is 8.22. The van der Waals surface area contributed by atoms with Gasteiger partial charge in [0.1, 0.15) is 16.5 Å². The van der Waals surface area contributed by atoms with Crippen LogP contribution in [0.2, 0.25) is 5.15 Å². The van der Waals surface area contributed by atoms with Crippen LogP contribution in [0.15, 0.2) is 5.16 Å². The van der Waals surface area contributed by atoms with E-state index in [1.165, 1.54) is 31.7 Å². The van der Waals surface area contributed by atoms with Gasteiger partial charge in [-0.15, -0.1) is 0 Å². The number of rotatable bonds is 3. The number of carbonyl (C=O) groups excluding carboxylic acids is 1. The first kappa shape index (κ1) is 15.4. The topological polar surface area (TPSA) is 55.3 Å². The van der Waals surface area contributed by atoms with E-state index in [4.69, 9.17) is 16.3 Å². The SMILES string of the molecule is COC(=O)c1c(Cl)nc(SC)nc1N1CCCCCC1. The summed E-state index contributed by atoms with van der Waals surface area (Å²) < 4.78 is 4.82. The number of hydrogen-bond donors (Lipinski definition) is 0. The molecule has 7 heteroatoms. The minimum atomic E-state index is -0.484. The van der Waals surface area contributed by atoms with Crippen molar-refractivity contribution >= 4 is 35.1 Å². The Morgan fingerprint density at radius 1 is 1.25 bits per heavy atom. The van der Waals surface area contributed by atoms with Gasteiger partial charge in [0.25, 0.3) is 0 Å². The summed E-state index contributed by atoms with van der Waals surface area (Å²) in [5.74, 6) is 0.116. The lowest BCUT2D eigenvalue weighted by molar-refractivity contribution is 0.0600. The number of hydrogen-bond acceptors (Lipinski definition) is 6. The number of halogens is 1. The van der Waals surface area contributed by atoms with Crippen LogP contribution >= 0.6 is 23.4 Å². The van der Waals surface area contributed by atoms with Crippen molar-refractivity contribution in [3.8, 4) is 0 Å². The molecule has 0 atom stereocenters. The molecule has 0 aliphatic carbocycles. The van der Waals surface area contributed by atoms with Gasteiger partial charge in [0, 0.05) is 13.1 Å². The molecule has 0 radical (unpaired) electrons. The van der Waals surface area contributed by atoms with Gasteiger partial charge in [-0.3, -0.25) is 0 Å². The molecule has 110 valence electrons. The summed E-state index contributed by atoms with van der Waals surface area (Å²) >= 11 is 7.56. The van der Waals surface area contributed by atoms with Crippen molar-refractivity contribution in [2.75, 3.05) is 31.4 Å². The molecule has 0 bridgehead atoms. The fraction of sp³-hybridized carbons (Fsp3) is 0.615. The molecule has 2 heterocycles. The second kappa shape index (κ2) is 7.13. The number of nitrogens with zero attached hydrogens (tertiary/aromatic N) is 3. The van der Waals surface area contributed by atoms with E-state index in [-0.39, 0.29) is 10.7 Å². The Kier molecular flexibility index (Phi) is 5.48. The fourth-order valence-electron chi connectivity index (χ4n) is 2.28. The minimum Gasteiger partial charge on any atom is -0.465 e. The molecule has 5 nitrogen and oxygen atoms in total. The van der Waals surface area contributed by atoms with Gasteiger partial charge >= 0.3 is 5.97 Å². The molecule has 0 amide bonds. The maximum absolute atomic E-state index is 12.0. The Morgan fingerprint density at radius 3 is 2.45 bits per heavy atom.